The van der Waals surface area contributed by atoms with Crippen molar-refractivity contribution in [3.05, 3.63) is 0 Å². The zero-order valence-electron chi connectivity index (χ0n) is 20.0. The molecule has 8 unspecified atom stereocenters. The van der Waals surface area contributed by atoms with Crippen LogP contribution in [0.3, 0.4) is 0 Å². The van der Waals surface area contributed by atoms with E-state index in [0.29, 0.717) is 43.9 Å². The van der Waals surface area contributed by atoms with Gasteiger partial charge in [0.2, 0.25) is 5.91 Å². The lowest BCUT2D eigenvalue weighted by Gasteiger charge is -2.39. The van der Waals surface area contributed by atoms with Crippen molar-refractivity contribution in [3.63, 3.8) is 0 Å². The molecule has 5 rings (SSSR count). The van der Waals surface area contributed by atoms with E-state index in [0.717, 1.165) is 38.8 Å². The SMILES string of the molecule is O=C(C1C(O)CC(O)CC1OCC1CCCCC1)N1CC2CCCC(OC3CCOC3)C2C1. The van der Waals surface area contributed by atoms with Gasteiger partial charge < -0.3 is 29.3 Å². The number of hydrogen-bond donors (Lipinski definition) is 2. The molecule has 2 heterocycles. The second kappa shape index (κ2) is 10.9. The van der Waals surface area contributed by atoms with E-state index in [1.54, 1.807) is 0 Å². The lowest BCUT2D eigenvalue weighted by atomic mass is 9.79. The maximum atomic E-state index is 13.7. The Kier molecular flexibility index (Phi) is 7.92. The fraction of sp³-hybridized carbons (Fsp3) is 0.962. The first kappa shape index (κ1) is 24.0. The highest BCUT2D eigenvalue weighted by Gasteiger charge is 2.48. The minimum atomic E-state index is -0.845. The first-order chi connectivity index (χ1) is 16.1. The van der Waals surface area contributed by atoms with E-state index in [-0.39, 0.29) is 24.5 Å². The summed E-state index contributed by atoms with van der Waals surface area (Å²) >= 11 is 0. The molecule has 3 saturated carbocycles. The Morgan fingerprint density at radius 1 is 0.939 bits per heavy atom. The molecular weight excluding hydrogens is 422 g/mol. The number of nitrogens with zero attached hydrogens (tertiary/aromatic N) is 1. The van der Waals surface area contributed by atoms with Crippen LogP contribution in [-0.2, 0) is 19.0 Å². The van der Waals surface area contributed by atoms with E-state index in [1.807, 2.05) is 4.90 Å². The van der Waals surface area contributed by atoms with E-state index in [9.17, 15) is 15.0 Å². The van der Waals surface area contributed by atoms with E-state index in [4.69, 9.17) is 14.2 Å². The molecule has 7 nitrogen and oxygen atoms in total. The van der Waals surface area contributed by atoms with Crippen molar-refractivity contribution < 1.29 is 29.2 Å². The highest BCUT2D eigenvalue weighted by molar-refractivity contribution is 5.80. The third kappa shape index (κ3) is 5.58. The van der Waals surface area contributed by atoms with Crippen LogP contribution in [0, 0.1) is 23.7 Å². The molecule has 2 N–H and O–H groups in total. The molecule has 33 heavy (non-hydrogen) atoms. The Bertz CT molecular complexity index is 649. The van der Waals surface area contributed by atoms with Gasteiger partial charge in [-0.25, -0.2) is 0 Å². The Morgan fingerprint density at radius 3 is 2.58 bits per heavy atom. The standard InChI is InChI=1S/C26H43NO6/c28-19-11-22(29)25(24(12-19)32-15-17-5-2-1-3-6-17)26(30)27-13-18-7-4-8-23(21(18)14-27)33-20-9-10-31-16-20/h17-25,28-29H,1-16H2. The van der Waals surface area contributed by atoms with Crippen molar-refractivity contribution in [3.8, 4) is 0 Å². The van der Waals surface area contributed by atoms with E-state index in [2.05, 4.69) is 0 Å². The number of fused-ring (bicyclic) bond motifs is 1. The number of aliphatic hydroxyl groups is 2. The van der Waals surface area contributed by atoms with Gasteiger partial charge in [-0.3, -0.25) is 4.79 Å². The summed E-state index contributed by atoms with van der Waals surface area (Å²) in [5.41, 5.74) is 0. The minimum Gasteiger partial charge on any atom is -0.393 e. The monoisotopic (exact) mass is 465 g/mol. The van der Waals surface area contributed by atoms with Crippen molar-refractivity contribution >= 4 is 5.91 Å². The molecule has 2 aliphatic heterocycles. The number of amides is 1. The average molecular weight is 466 g/mol. The number of hydrogen-bond acceptors (Lipinski definition) is 6. The normalized spacial score (nSPS) is 42.4. The number of aliphatic hydroxyl groups excluding tert-OH is 2. The van der Waals surface area contributed by atoms with Gasteiger partial charge in [-0.2, -0.15) is 0 Å². The molecule has 0 radical (unpaired) electrons. The van der Waals surface area contributed by atoms with Gasteiger partial charge >= 0.3 is 0 Å². The second-order valence-corrected chi connectivity index (χ2v) is 11.4. The average Bonchev–Trinajstić information content (AvgIpc) is 3.48. The van der Waals surface area contributed by atoms with Crippen LogP contribution < -0.4 is 0 Å². The summed E-state index contributed by atoms with van der Waals surface area (Å²) in [5, 5.41) is 21.2. The molecule has 5 fully saturated rings. The molecular formula is C26H43NO6. The fourth-order valence-electron chi connectivity index (χ4n) is 7.14. The summed E-state index contributed by atoms with van der Waals surface area (Å²) in [4.78, 5) is 15.7. The molecule has 7 heteroatoms. The van der Waals surface area contributed by atoms with E-state index < -0.39 is 24.2 Å². The fourth-order valence-corrected chi connectivity index (χ4v) is 7.14. The van der Waals surface area contributed by atoms with Crippen LogP contribution in [0.2, 0.25) is 0 Å². The Hall–Kier alpha value is -0.730. The summed E-state index contributed by atoms with van der Waals surface area (Å²) in [6.07, 6.45) is 9.71. The Labute approximate surface area is 198 Å². The number of likely N-dealkylation sites (tertiary alicyclic amines) is 1. The molecule has 0 bridgehead atoms. The summed E-state index contributed by atoms with van der Waals surface area (Å²) < 4.78 is 18.2. The predicted octanol–water partition coefficient (Wildman–Crippen LogP) is 2.52. The van der Waals surface area contributed by atoms with Gasteiger partial charge in [-0.15, -0.1) is 0 Å². The maximum absolute atomic E-state index is 13.7. The largest absolute Gasteiger partial charge is 0.393 e. The van der Waals surface area contributed by atoms with Gasteiger partial charge in [0.05, 0.1) is 43.0 Å². The minimum absolute atomic E-state index is 0.0143. The summed E-state index contributed by atoms with van der Waals surface area (Å²) in [6.45, 7) is 3.57. The summed E-state index contributed by atoms with van der Waals surface area (Å²) in [5.74, 6) is 0.831. The van der Waals surface area contributed by atoms with Gasteiger partial charge in [-0.1, -0.05) is 25.7 Å². The number of ether oxygens (including phenoxy) is 3. The van der Waals surface area contributed by atoms with Crippen LogP contribution in [0.1, 0.15) is 70.6 Å². The molecule has 8 atom stereocenters. The molecule has 0 aromatic carbocycles. The van der Waals surface area contributed by atoms with Crippen LogP contribution in [0.4, 0.5) is 0 Å². The molecule has 188 valence electrons. The van der Waals surface area contributed by atoms with Crippen LogP contribution in [0.15, 0.2) is 0 Å². The molecule has 0 aromatic rings. The van der Waals surface area contributed by atoms with E-state index >= 15 is 0 Å². The van der Waals surface area contributed by atoms with Crippen molar-refractivity contribution in [2.75, 3.05) is 32.9 Å². The number of carbonyl (C=O) groups excluding carboxylic acids is 1. The van der Waals surface area contributed by atoms with Gasteiger partial charge in [0.1, 0.15) is 0 Å². The summed E-state index contributed by atoms with van der Waals surface area (Å²) in [7, 11) is 0. The predicted molar refractivity (Wildman–Crippen MR) is 123 cm³/mol. The smallest absolute Gasteiger partial charge is 0.230 e. The highest BCUT2D eigenvalue weighted by Crippen LogP contribution is 2.40. The third-order valence-electron chi connectivity index (χ3n) is 8.99. The molecule has 2 saturated heterocycles. The summed E-state index contributed by atoms with van der Waals surface area (Å²) in [6, 6.07) is 0. The van der Waals surface area contributed by atoms with Gasteiger partial charge in [0, 0.05) is 45.1 Å². The van der Waals surface area contributed by atoms with Crippen LogP contribution in [0.25, 0.3) is 0 Å². The molecule has 1 amide bonds. The topological polar surface area (TPSA) is 88.5 Å². The van der Waals surface area contributed by atoms with Crippen LogP contribution in [0.5, 0.6) is 0 Å². The van der Waals surface area contributed by atoms with Crippen molar-refractivity contribution in [1.29, 1.82) is 0 Å². The Balaban J connectivity index is 1.22. The van der Waals surface area contributed by atoms with E-state index in [1.165, 1.54) is 32.1 Å². The Morgan fingerprint density at radius 2 is 1.79 bits per heavy atom. The lowest BCUT2D eigenvalue weighted by molar-refractivity contribution is -0.158. The molecule has 0 aromatic heterocycles. The van der Waals surface area contributed by atoms with Crippen molar-refractivity contribution in [2.45, 2.75) is 101 Å². The van der Waals surface area contributed by atoms with Gasteiger partial charge in [0.15, 0.2) is 0 Å². The molecule has 5 aliphatic rings. The quantitative estimate of drug-likeness (QED) is 0.627. The number of rotatable bonds is 6. The van der Waals surface area contributed by atoms with Crippen molar-refractivity contribution in [2.24, 2.45) is 23.7 Å². The van der Waals surface area contributed by atoms with Crippen molar-refractivity contribution in [1.82, 2.24) is 4.90 Å². The van der Waals surface area contributed by atoms with Crippen LogP contribution >= 0.6 is 0 Å². The maximum Gasteiger partial charge on any atom is 0.230 e. The lowest BCUT2D eigenvalue weighted by Crippen LogP contribution is -2.52. The molecule has 3 aliphatic carbocycles. The third-order valence-corrected chi connectivity index (χ3v) is 8.99. The first-order valence-electron chi connectivity index (χ1n) is 13.6. The number of carbonyl (C=O) groups is 1. The van der Waals surface area contributed by atoms with Gasteiger partial charge in [-0.05, 0) is 43.9 Å². The zero-order chi connectivity index (χ0) is 22.8. The first-order valence-corrected chi connectivity index (χ1v) is 13.6. The molecule has 0 spiro atoms. The van der Waals surface area contributed by atoms with Crippen LogP contribution in [-0.4, -0.2) is 84.5 Å². The van der Waals surface area contributed by atoms with Gasteiger partial charge in [0.25, 0.3) is 0 Å². The highest BCUT2D eigenvalue weighted by atomic mass is 16.6. The second-order valence-electron chi connectivity index (χ2n) is 11.4. The zero-order valence-corrected chi connectivity index (χ0v) is 20.0.